The number of rotatable bonds is 15. The molecule has 0 spiro atoms. The molecule has 1 aromatic rings. The van der Waals surface area contributed by atoms with Gasteiger partial charge in [-0.05, 0) is 42.9 Å². The molecular formula is C26H46N8O10. The molecule has 0 saturated carbocycles. The summed E-state index contributed by atoms with van der Waals surface area (Å²) < 4.78 is 10.0. The van der Waals surface area contributed by atoms with Crippen molar-refractivity contribution in [3.05, 3.63) is 29.8 Å². The molecule has 44 heavy (non-hydrogen) atoms. The standard InChI is InChI=1S/C21H34N6O5.C3H7NO3.C2H5NO2/c1-3-12(2)17(24)20(30)31-14-8-6-13(7-9-14)11-16(23)19(29)32-18(28)15(22)5-4-10-27-21(25)26;4-2(1-5)3(6)7;3-1-2(4)5/h6-9,12,15-17H,3-5,10-11,22-24H2,1-2H3,(H4,25,26,27);2,5H,1,4H2,(H,6,7);1,3H2,(H,4,5)/t12-,15-,16-,17-;2-;/m00./s1. The lowest BCUT2D eigenvalue weighted by molar-refractivity contribution is -0.161. The molecule has 0 unspecified atom stereocenters. The molecule has 0 fully saturated rings. The van der Waals surface area contributed by atoms with Crippen LogP contribution in [0.3, 0.4) is 0 Å². The molecule has 17 N–H and O–H groups in total. The van der Waals surface area contributed by atoms with Crippen LogP contribution in [0.4, 0.5) is 0 Å². The number of nitrogens with two attached hydrogens (primary N) is 7. The molecule has 1 aromatic carbocycles. The molecule has 250 valence electrons. The van der Waals surface area contributed by atoms with Gasteiger partial charge in [-0.25, -0.2) is 14.4 Å². The number of nitrogens with zero attached hydrogens (tertiary/aromatic N) is 1. The van der Waals surface area contributed by atoms with Gasteiger partial charge in [-0.1, -0.05) is 32.4 Å². The zero-order valence-corrected chi connectivity index (χ0v) is 24.8. The van der Waals surface area contributed by atoms with E-state index in [1.54, 1.807) is 24.3 Å². The highest BCUT2D eigenvalue weighted by atomic mass is 16.6. The van der Waals surface area contributed by atoms with E-state index < -0.39 is 60.6 Å². The number of benzene rings is 1. The Morgan fingerprint density at radius 3 is 1.82 bits per heavy atom. The van der Waals surface area contributed by atoms with Gasteiger partial charge in [0, 0.05) is 6.54 Å². The van der Waals surface area contributed by atoms with Crippen molar-refractivity contribution >= 4 is 35.8 Å². The van der Waals surface area contributed by atoms with Crippen molar-refractivity contribution in [3.63, 3.8) is 0 Å². The number of carboxylic acids is 2. The lowest BCUT2D eigenvalue weighted by atomic mass is 10.0. The molecule has 0 aliphatic heterocycles. The first kappa shape index (κ1) is 41.9. The maximum Gasteiger partial charge on any atom is 0.330 e. The summed E-state index contributed by atoms with van der Waals surface area (Å²) in [4.78, 5) is 58.8. The number of esters is 3. The van der Waals surface area contributed by atoms with Crippen LogP contribution >= 0.6 is 0 Å². The molecule has 5 atom stereocenters. The average molecular weight is 631 g/mol. The second-order valence-corrected chi connectivity index (χ2v) is 9.31. The van der Waals surface area contributed by atoms with Gasteiger partial charge in [-0.3, -0.25) is 14.6 Å². The van der Waals surface area contributed by atoms with Gasteiger partial charge in [0.15, 0.2) is 5.96 Å². The topological polar surface area (TPSA) is 359 Å². The third kappa shape index (κ3) is 19.8. The Kier molecular flexibility index (Phi) is 22.2. The number of ether oxygens (including phenoxy) is 2. The van der Waals surface area contributed by atoms with Crippen molar-refractivity contribution in [1.29, 1.82) is 0 Å². The second-order valence-electron chi connectivity index (χ2n) is 9.31. The average Bonchev–Trinajstić information content (AvgIpc) is 2.98. The van der Waals surface area contributed by atoms with E-state index in [-0.39, 0.29) is 31.3 Å². The fourth-order valence-corrected chi connectivity index (χ4v) is 2.67. The maximum absolute atomic E-state index is 12.1. The van der Waals surface area contributed by atoms with Gasteiger partial charge in [-0.15, -0.1) is 0 Å². The van der Waals surface area contributed by atoms with Crippen LogP contribution in [0.15, 0.2) is 29.3 Å². The van der Waals surface area contributed by atoms with Crippen LogP contribution in [0.2, 0.25) is 0 Å². The highest BCUT2D eigenvalue weighted by molar-refractivity contribution is 5.90. The minimum atomic E-state index is -1.18. The van der Waals surface area contributed by atoms with Gasteiger partial charge in [0.05, 0.1) is 13.2 Å². The molecule has 0 aromatic heterocycles. The van der Waals surface area contributed by atoms with Crippen LogP contribution in [-0.4, -0.2) is 95.0 Å². The summed E-state index contributed by atoms with van der Waals surface area (Å²) in [6, 6.07) is 2.57. The van der Waals surface area contributed by atoms with Gasteiger partial charge in [-0.2, -0.15) is 0 Å². The van der Waals surface area contributed by atoms with Crippen molar-refractivity contribution in [2.24, 2.45) is 51.0 Å². The quantitative estimate of drug-likeness (QED) is 0.0226. The van der Waals surface area contributed by atoms with Crippen LogP contribution in [-0.2, 0) is 35.1 Å². The predicted octanol–water partition coefficient (Wildman–Crippen LogP) is -3.29. The molecule has 0 aliphatic rings. The van der Waals surface area contributed by atoms with E-state index in [9.17, 15) is 24.0 Å². The van der Waals surface area contributed by atoms with Crippen LogP contribution in [0.5, 0.6) is 5.75 Å². The predicted molar refractivity (Wildman–Crippen MR) is 160 cm³/mol. The lowest BCUT2D eigenvalue weighted by Crippen LogP contribution is -2.40. The Hall–Kier alpha value is -4.20. The Morgan fingerprint density at radius 1 is 0.886 bits per heavy atom. The first-order valence-electron chi connectivity index (χ1n) is 13.4. The van der Waals surface area contributed by atoms with Crippen LogP contribution in [0, 0.1) is 5.92 Å². The van der Waals surface area contributed by atoms with Gasteiger partial charge >= 0.3 is 29.8 Å². The van der Waals surface area contributed by atoms with Crippen molar-refractivity contribution in [1.82, 2.24) is 0 Å². The lowest BCUT2D eigenvalue weighted by Gasteiger charge is -2.17. The van der Waals surface area contributed by atoms with Gasteiger partial charge in [0.1, 0.15) is 29.9 Å². The minimum Gasteiger partial charge on any atom is -0.480 e. The molecule has 0 amide bonds. The van der Waals surface area contributed by atoms with E-state index in [1.807, 2.05) is 13.8 Å². The number of hydrogen-bond acceptors (Lipinski definition) is 14. The number of aliphatic hydroxyl groups is 1. The number of aliphatic imine (C=N–C) groups is 1. The van der Waals surface area contributed by atoms with E-state index in [0.29, 0.717) is 24.3 Å². The highest BCUT2D eigenvalue weighted by Crippen LogP contribution is 2.16. The molecule has 0 saturated heterocycles. The summed E-state index contributed by atoms with van der Waals surface area (Å²) in [5, 5.41) is 23.5. The summed E-state index contributed by atoms with van der Waals surface area (Å²) in [5.74, 6) is -4.13. The van der Waals surface area contributed by atoms with E-state index >= 15 is 0 Å². The Morgan fingerprint density at radius 2 is 1.41 bits per heavy atom. The SMILES string of the molecule is CC[C@H](C)[C@H](N)C(=O)Oc1ccc(C[C@H](N)C(=O)OC(=O)[C@@H](N)CCCN=C(N)N)cc1.NCC(=O)O.N[C@@H](CO)C(=O)O. The van der Waals surface area contributed by atoms with Crippen LogP contribution in [0.1, 0.15) is 38.7 Å². The molecule has 18 nitrogen and oxygen atoms in total. The third-order valence-electron chi connectivity index (χ3n) is 5.59. The molecule has 0 aliphatic carbocycles. The van der Waals surface area contributed by atoms with E-state index in [1.165, 1.54) is 0 Å². The molecular weight excluding hydrogens is 584 g/mol. The smallest absolute Gasteiger partial charge is 0.330 e. The number of carboxylic acid groups (broad SMARTS) is 2. The maximum atomic E-state index is 12.1. The second kappa shape index (κ2) is 23.3. The van der Waals surface area contributed by atoms with Crippen molar-refractivity contribution < 1.29 is 48.8 Å². The third-order valence-corrected chi connectivity index (χ3v) is 5.59. The van der Waals surface area contributed by atoms with Crippen molar-refractivity contribution in [3.8, 4) is 5.75 Å². The van der Waals surface area contributed by atoms with E-state index in [2.05, 4.69) is 10.7 Å². The van der Waals surface area contributed by atoms with Crippen LogP contribution in [0.25, 0.3) is 0 Å². The molecule has 0 bridgehead atoms. The van der Waals surface area contributed by atoms with Crippen molar-refractivity contribution in [2.45, 2.75) is 63.7 Å². The van der Waals surface area contributed by atoms with Gasteiger partial charge in [0.25, 0.3) is 0 Å². The van der Waals surface area contributed by atoms with Gasteiger partial charge < -0.3 is 64.9 Å². The summed E-state index contributed by atoms with van der Waals surface area (Å²) in [7, 11) is 0. The Labute approximate surface area is 254 Å². The molecule has 1 rings (SSSR count). The number of guanidine groups is 1. The number of carbonyl (C=O) groups excluding carboxylic acids is 3. The normalized spacial score (nSPS) is 13.5. The van der Waals surface area contributed by atoms with Crippen LogP contribution < -0.4 is 44.9 Å². The van der Waals surface area contributed by atoms with E-state index in [0.717, 1.165) is 6.42 Å². The molecule has 18 heteroatoms. The summed E-state index contributed by atoms with van der Waals surface area (Å²) in [6.45, 7) is 3.35. The largest absolute Gasteiger partial charge is 0.480 e. The Balaban J connectivity index is 0. The van der Waals surface area contributed by atoms with Crippen molar-refractivity contribution in [2.75, 3.05) is 19.7 Å². The number of hydrogen-bond donors (Lipinski definition) is 10. The summed E-state index contributed by atoms with van der Waals surface area (Å²) in [5.41, 5.74) is 37.9. The van der Waals surface area contributed by atoms with Gasteiger partial charge in [0.2, 0.25) is 0 Å². The fraction of sp³-hybridized carbons (Fsp3) is 0.538. The van der Waals surface area contributed by atoms with E-state index in [4.69, 9.17) is 59.2 Å². The fourth-order valence-electron chi connectivity index (χ4n) is 2.67. The number of aliphatic hydroxyl groups excluding tert-OH is 1. The monoisotopic (exact) mass is 630 g/mol. The summed E-state index contributed by atoms with van der Waals surface area (Å²) >= 11 is 0. The zero-order valence-electron chi connectivity index (χ0n) is 24.8. The highest BCUT2D eigenvalue weighted by Gasteiger charge is 2.24. The minimum absolute atomic E-state index is 0.000134. The first-order valence-corrected chi connectivity index (χ1v) is 13.4. The first-order chi connectivity index (χ1) is 20.5. The molecule has 0 radical (unpaired) electrons. The number of aliphatic carboxylic acids is 2. The molecule has 0 heterocycles. The number of carbonyl (C=O) groups is 5. The zero-order chi connectivity index (χ0) is 34.4. The Bertz CT molecular complexity index is 1070. The summed E-state index contributed by atoms with van der Waals surface area (Å²) in [6.07, 6.45) is 1.58.